The molecule has 0 radical (unpaired) electrons. The lowest BCUT2D eigenvalue weighted by Gasteiger charge is -2.23. The Hall–Kier alpha value is -1.51. The smallest absolute Gasteiger partial charge is 0.0442 e. The molecule has 0 amide bonds. The fourth-order valence-electron chi connectivity index (χ4n) is 2.18. The van der Waals surface area contributed by atoms with Crippen LogP contribution < -0.4 is 10.6 Å². The van der Waals surface area contributed by atoms with Crippen molar-refractivity contribution < 1.29 is 0 Å². The number of hydrogen-bond donors (Lipinski definition) is 1. The van der Waals surface area contributed by atoms with E-state index >= 15 is 0 Å². The zero-order chi connectivity index (χ0) is 13.8. The van der Waals surface area contributed by atoms with Gasteiger partial charge in [-0.15, -0.1) is 0 Å². The van der Waals surface area contributed by atoms with Crippen LogP contribution in [-0.4, -0.2) is 13.1 Å². The molecule has 1 unspecified atom stereocenters. The van der Waals surface area contributed by atoms with Gasteiger partial charge < -0.3 is 10.6 Å². The second-order valence-electron chi connectivity index (χ2n) is 4.85. The molecule has 0 spiro atoms. The van der Waals surface area contributed by atoms with E-state index in [-0.39, 0.29) is 6.04 Å². The number of halogens is 1. The zero-order valence-corrected chi connectivity index (χ0v) is 12.1. The van der Waals surface area contributed by atoms with E-state index in [9.17, 15) is 0 Å². The van der Waals surface area contributed by atoms with Gasteiger partial charge in [-0.1, -0.05) is 29.8 Å². The van der Waals surface area contributed by atoms with Crippen molar-refractivity contribution in [3.05, 3.63) is 59.1 Å². The molecule has 2 rings (SSSR count). The molecular weight excluding hydrogens is 256 g/mol. The van der Waals surface area contributed by atoms with Crippen LogP contribution in [0.1, 0.15) is 12.5 Å². The average molecular weight is 275 g/mol. The molecule has 19 heavy (non-hydrogen) atoms. The number of hydrogen-bond acceptors (Lipinski definition) is 2. The number of benzene rings is 2. The Morgan fingerprint density at radius 2 is 1.84 bits per heavy atom. The Morgan fingerprint density at radius 3 is 2.47 bits per heavy atom. The van der Waals surface area contributed by atoms with Gasteiger partial charge >= 0.3 is 0 Å². The highest BCUT2D eigenvalue weighted by atomic mass is 35.5. The third kappa shape index (κ3) is 3.49. The molecule has 3 heteroatoms. The van der Waals surface area contributed by atoms with Gasteiger partial charge in [0.15, 0.2) is 0 Å². The molecular formula is C16H19ClN2. The number of para-hydroxylation sites is 1. The quantitative estimate of drug-likeness (QED) is 0.913. The molecule has 0 saturated heterocycles. The summed E-state index contributed by atoms with van der Waals surface area (Å²) >= 11 is 6.09. The molecule has 0 aromatic heterocycles. The van der Waals surface area contributed by atoms with Crippen molar-refractivity contribution in [2.24, 2.45) is 5.73 Å². The van der Waals surface area contributed by atoms with Gasteiger partial charge in [-0.2, -0.15) is 0 Å². The molecule has 100 valence electrons. The normalized spacial score (nSPS) is 12.2. The molecule has 0 saturated carbocycles. The number of nitrogens with zero attached hydrogens (tertiary/aromatic N) is 1. The van der Waals surface area contributed by atoms with Crippen LogP contribution in [0.2, 0.25) is 5.02 Å². The minimum absolute atomic E-state index is 0.112. The molecule has 1 atom stereocenters. The SMILES string of the molecule is CC(N)Cc1cc(Cl)ccc1N(C)c1ccccc1. The van der Waals surface area contributed by atoms with Crippen molar-refractivity contribution in [1.29, 1.82) is 0 Å². The van der Waals surface area contributed by atoms with Crippen molar-refractivity contribution in [2.45, 2.75) is 19.4 Å². The number of nitrogens with two attached hydrogens (primary N) is 1. The summed E-state index contributed by atoms with van der Waals surface area (Å²) in [5.74, 6) is 0. The molecule has 2 nitrogen and oxygen atoms in total. The Morgan fingerprint density at radius 1 is 1.16 bits per heavy atom. The lowest BCUT2D eigenvalue weighted by atomic mass is 10.0. The van der Waals surface area contributed by atoms with Crippen LogP contribution in [0.4, 0.5) is 11.4 Å². The van der Waals surface area contributed by atoms with Crippen LogP contribution >= 0.6 is 11.6 Å². The Bertz CT molecular complexity index is 538. The summed E-state index contributed by atoms with van der Waals surface area (Å²) in [6, 6.07) is 16.3. The minimum Gasteiger partial charge on any atom is -0.344 e. The van der Waals surface area contributed by atoms with Crippen LogP contribution in [0.5, 0.6) is 0 Å². The Labute approximate surface area is 119 Å². The highest BCUT2D eigenvalue weighted by Crippen LogP contribution is 2.29. The average Bonchev–Trinajstić information content (AvgIpc) is 2.38. The van der Waals surface area contributed by atoms with Crippen molar-refractivity contribution in [1.82, 2.24) is 0 Å². The van der Waals surface area contributed by atoms with E-state index in [1.807, 2.05) is 43.3 Å². The summed E-state index contributed by atoms with van der Waals surface area (Å²) in [5, 5.41) is 0.751. The predicted molar refractivity (Wildman–Crippen MR) is 83.3 cm³/mol. The van der Waals surface area contributed by atoms with Crippen molar-refractivity contribution in [3.8, 4) is 0 Å². The summed E-state index contributed by atoms with van der Waals surface area (Å²) in [5.41, 5.74) is 9.39. The van der Waals surface area contributed by atoms with Gasteiger partial charge in [0.1, 0.15) is 0 Å². The topological polar surface area (TPSA) is 29.3 Å². The van der Waals surface area contributed by atoms with E-state index in [4.69, 9.17) is 17.3 Å². The molecule has 0 aliphatic carbocycles. The lowest BCUT2D eigenvalue weighted by molar-refractivity contribution is 0.737. The molecule has 0 heterocycles. The number of rotatable bonds is 4. The lowest BCUT2D eigenvalue weighted by Crippen LogP contribution is -2.20. The zero-order valence-electron chi connectivity index (χ0n) is 11.3. The summed E-state index contributed by atoms with van der Waals surface area (Å²) in [6.45, 7) is 2.01. The maximum Gasteiger partial charge on any atom is 0.0442 e. The van der Waals surface area contributed by atoms with Gasteiger partial charge in [0.2, 0.25) is 0 Å². The molecule has 0 fully saturated rings. The van der Waals surface area contributed by atoms with Gasteiger partial charge in [-0.25, -0.2) is 0 Å². The van der Waals surface area contributed by atoms with Gasteiger partial charge in [0.25, 0.3) is 0 Å². The van der Waals surface area contributed by atoms with Gasteiger partial charge in [-0.3, -0.25) is 0 Å². The minimum atomic E-state index is 0.112. The fraction of sp³-hybridized carbons (Fsp3) is 0.250. The van der Waals surface area contributed by atoms with Crippen molar-refractivity contribution in [2.75, 3.05) is 11.9 Å². The largest absolute Gasteiger partial charge is 0.344 e. The molecule has 0 aliphatic heterocycles. The van der Waals surface area contributed by atoms with Crippen LogP contribution in [-0.2, 0) is 6.42 Å². The molecule has 0 aliphatic rings. The highest BCUT2D eigenvalue weighted by Gasteiger charge is 2.11. The molecule has 2 N–H and O–H groups in total. The van der Waals surface area contributed by atoms with Gasteiger partial charge in [-0.05, 0) is 49.2 Å². The summed E-state index contributed by atoms with van der Waals surface area (Å²) in [6.07, 6.45) is 0.813. The van der Waals surface area contributed by atoms with Crippen molar-refractivity contribution in [3.63, 3.8) is 0 Å². The van der Waals surface area contributed by atoms with E-state index in [2.05, 4.69) is 24.1 Å². The molecule has 0 bridgehead atoms. The Kier molecular flexibility index (Phi) is 4.46. The first-order valence-corrected chi connectivity index (χ1v) is 6.78. The highest BCUT2D eigenvalue weighted by molar-refractivity contribution is 6.30. The number of anilines is 2. The van der Waals surface area contributed by atoms with E-state index in [0.717, 1.165) is 22.8 Å². The van der Waals surface area contributed by atoms with Crippen LogP contribution in [0.3, 0.4) is 0 Å². The van der Waals surface area contributed by atoms with E-state index < -0.39 is 0 Å². The second kappa shape index (κ2) is 6.09. The van der Waals surface area contributed by atoms with E-state index in [0.29, 0.717) is 0 Å². The maximum atomic E-state index is 6.09. The van der Waals surface area contributed by atoms with E-state index in [1.54, 1.807) is 0 Å². The van der Waals surface area contributed by atoms with Gasteiger partial charge in [0, 0.05) is 29.5 Å². The predicted octanol–water partition coefficient (Wildman–Crippen LogP) is 4.00. The first-order chi connectivity index (χ1) is 9.08. The van der Waals surface area contributed by atoms with Crippen LogP contribution in [0, 0.1) is 0 Å². The van der Waals surface area contributed by atoms with E-state index in [1.165, 1.54) is 5.56 Å². The fourth-order valence-corrected chi connectivity index (χ4v) is 2.38. The van der Waals surface area contributed by atoms with Crippen molar-refractivity contribution >= 4 is 23.0 Å². The summed E-state index contributed by atoms with van der Waals surface area (Å²) in [7, 11) is 2.06. The second-order valence-corrected chi connectivity index (χ2v) is 5.29. The monoisotopic (exact) mass is 274 g/mol. The van der Waals surface area contributed by atoms with Gasteiger partial charge in [0.05, 0.1) is 0 Å². The first kappa shape index (κ1) is 13.9. The summed E-state index contributed by atoms with van der Waals surface area (Å²) < 4.78 is 0. The first-order valence-electron chi connectivity index (χ1n) is 6.40. The van der Waals surface area contributed by atoms with Crippen LogP contribution in [0.25, 0.3) is 0 Å². The maximum absolute atomic E-state index is 6.09. The summed E-state index contributed by atoms with van der Waals surface area (Å²) in [4.78, 5) is 2.16. The molecule has 2 aromatic rings. The third-order valence-electron chi connectivity index (χ3n) is 3.09. The standard InChI is InChI=1S/C16H19ClN2/c1-12(18)10-13-11-14(17)8-9-16(13)19(2)15-6-4-3-5-7-15/h3-9,11-12H,10,18H2,1-2H3. The Balaban J connectivity index is 2.38. The molecule has 2 aromatic carbocycles. The third-order valence-corrected chi connectivity index (χ3v) is 3.32. The van der Waals surface area contributed by atoms with Crippen LogP contribution in [0.15, 0.2) is 48.5 Å².